The molecule has 0 spiro atoms. The number of hydrogen-bond acceptors (Lipinski definition) is 2. The summed E-state index contributed by atoms with van der Waals surface area (Å²) in [7, 11) is 0. The summed E-state index contributed by atoms with van der Waals surface area (Å²) in [6.07, 6.45) is 0.979. The molecule has 0 aliphatic rings. The Labute approximate surface area is 128 Å². The summed E-state index contributed by atoms with van der Waals surface area (Å²) in [5.74, 6) is 0. The third kappa shape index (κ3) is 3.40. The molecule has 2 nitrogen and oxygen atoms in total. The smallest absolute Gasteiger partial charge is 0.0991 e. The van der Waals surface area contributed by atoms with E-state index < -0.39 is 0 Å². The molecule has 102 valence electrons. The normalized spacial score (nSPS) is 11.7. The summed E-state index contributed by atoms with van der Waals surface area (Å²) in [6, 6.07) is 16.3. The van der Waals surface area contributed by atoms with Crippen molar-refractivity contribution in [3.63, 3.8) is 0 Å². The lowest BCUT2D eigenvalue weighted by Crippen LogP contribution is -2.08. The number of nitrogens with zero attached hydrogens (tertiary/aromatic N) is 1. The first-order chi connectivity index (χ1) is 9.63. The first-order valence-corrected chi connectivity index (χ1v) is 7.48. The number of nitrogens with one attached hydrogen (secondary N) is 1. The van der Waals surface area contributed by atoms with E-state index in [1.807, 2.05) is 30.3 Å². The molecular formula is C17H17BrN2. The van der Waals surface area contributed by atoms with Gasteiger partial charge < -0.3 is 5.32 Å². The average Bonchev–Trinajstić information content (AvgIpc) is 2.49. The summed E-state index contributed by atoms with van der Waals surface area (Å²) in [5.41, 5.74) is 4.24. The van der Waals surface area contributed by atoms with Crippen molar-refractivity contribution in [2.45, 2.75) is 26.3 Å². The van der Waals surface area contributed by atoms with Crippen LogP contribution in [0, 0.1) is 11.3 Å². The molecule has 20 heavy (non-hydrogen) atoms. The van der Waals surface area contributed by atoms with E-state index in [9.17, 15) is 0 Å². The molecule has 1 unspecified atom stereocenters. The van der Waals surface area contributed by atoms with Crippen LogP contribution < -0.4 is 5.32 Å². The van der Waals surface area contributed by atoms with Gasteiger partial charge in [0.25, 0.3) is 0 Å². The van der Waals surface area contributed by atoms with Gasteiger partial charge in [0.2, 0.25) is 0 Å². The molecule has 0 heterocycles. The van der Waals surface area contributed by atoms with E-state index in [1.165, 1.54) is 5.56 Å². The highest BCUT2D eigenvalue weighted by Gasteiger charge is 2.08. The van der Waals surface area contributed by atoms with E-state index in [0.29, 0.717) is 5.56 Å². The second-order valence-corrected chi connectivity index (χ2v) is 5.67. The molecule has 0 aromatic heterocycles. The van der Waals surface area contributed by atoms with Crippen LogP contribution in [0.15, 0.2) is 46.9 Å². The molecule has 0 amide bonds. The van der Waals surface area contributed by atoms with Crippen molar-refractivity contribution in [1.82, 2.24) is 0 Å². The molecule has 0 radical (unpaired) electrons. The van der Waals surface area contributed by atoms with Gasteiger partial charge in [-0.2, -0.15) is 5.26 Å². The van der Waals surface area contributed by atoms with Crippen molar-refractivity contribution in [2.24, 2.45) is 0 Å². The van der Waals surface area contributed by atoms with Crippen LogP contribution in [0.2, 0.25) is 0 Å². The van der Waals surface area contributed by atoms with Crippen LogP contribution >= 0.6 is 15.9 Å². The van der Waals surface area contributed by atoms with Gasteiger partial charge in [0, 0.05) is 16.2 Å². The lowest BCUT2D eigenvalue weighted by atomic mass is 10.0. The number of rotatable bonds is 4. The topological polar surface area (TPSA) is 35.8 Å². The average molecular weight is 329 g/mol. The summed E-state index contributed by atoms with van der Waals surface area (Å²) in [6.45, 7) is 4.26. The van der Waals surface area contributed by atoms with Gasteiger partial charge in [-0.25, -0.2) is 0 Å². The third-order valence-electron chi connectivity index (χ3n) is 3.34. The van der Waals surface area contributed by atoms with Gasteiger partial charge in [-0.15, -0.1) is 0 Å². The van der Waals surface area contributed by atoms with Gasteiger partial charge in [-0.05, 0) is 54.8 Å². The number of hydrogen-bond donors (Lipinski definition) is 1. The molecule has 0 fully saturated rings. The molecule has 0 bridgehead atoms. The summed E-state index contributed by atoms with van der Waals surface area (Å²) < 4.78 is 1.10. The molecular weight excluding hydrogens is 312 g/mol. The molecule has 0 aliphatic heterocycles. The molecule has 2 rings (SSSR count). The van der Waals surface area contributed by atoms with Gasteiger partial charge >= 0.3 is 0 Å². The van der Waals surface area contributed by atoms with Crippen molar-refractivity contribution >= 4 is 21.6 Å². The van der Waals surface area contributed by atoms with Crippen LogP contribution in [0.5, 0.6) is 0 Å². The number of halogens is 1. The van der Waals surface area contributed by atoms with E-state index in [4.69, 9.17) is 5.26 Å². The lowest BCUT2D eigenvalue weighted by Gasteiger charge is -2.18. The Morgan fingerprint density at radius 2 is 2.05 bits per heavy atom. The standard InChI is InChI=1S/C17H17BrN2/c1-3-14-10-16(18)7-8-17(14)20-12(2)15-6-4-5-13(9-15)11-19/h4-10,12,20H,3H2,1-2H3. The van der Waals surface area contributed by atoms with Gasteiger partial charge in [0.15, 0.2) is 0 Å². The molecule has 0 saturated carbocycles. The van der Waals surface area contributed by atoms with Crippen molar-refractivity contribution in [3.05, 3.63) is 63.6 Å². The summed E-state index contributed by atoms with van der Waals surface area (Å²) in [5, 5.41) is 12.5. The fraction of sp³-hybridized carbons (Fsp3) is 0.235. The van der Waals surface area contributed by atoms with Crippen molar-refractivity contribution in [3.8, 4) is 6.07 Å². The van der Waals surface area contributed by atoms with Gasteiger partial charge in [-0.1, -0.05) is 35.0 Å². The van der Waals surface area contributed by atoms with Crippen LogP contribution in [0.25, 0.3) is 0 Å². The van der Waals surface area contributed by atoms with E-state index in [2.05, 4.69) is 53.3 Å². The highest BCUT2D eigenvalue weighted by molar-refractivity contribution is 9.10. The zero-order valence-corrected chi connectivity index (χ0v) is 13.2. The van der Waals surface area contributed by atoms with E-state index in [0.717, 1.165) is 22.1 Å². The Morgan fingerprint density at radius 1 is 1.25 bits per heavy atom. The fourth-order valence-corrected chi connectivity index (χ4v) is 2.60. The number of anilines is 1. The maximum absolute atomic E-state index is 8.97. The highest BCUT2D eigenvalue weighted by atomic mass is 79.9. The maximum atomic E-state index is 8.97. The maximum Gasteiger partial charge on any atom is 0.0991 e. The van der Waals surface area contributed by atoms with E-state index in [-0.39, 0.29) is 6.04 Å². The highest BCUT2D eigenvalue weighted by Crippen LogP contribution is 2.26. The zero-order valence-electron chi connectivity index (χ0n) is 11.7. The Bertz CT molecular complexity index is 644. The molecule has 2 aromatic rings. The molecule has 0 saturated heterocycles. The van der Waals surface area contributed by atoms with Gasteiger partial charge in [0.1, 0.15) is 0 Å². The Hall–Kier alpha value is -1.79. The zero-order chi connectivity index (χ0) is 14.5. The fourth-order valence-electron chi connectivity index (χ4n) is 2.19. The monoisotopic (exact) mass is 328 g/mol. The number of aryl methyl sites for hydroxylation is 1. The third-order valence-corrected chi connectivity index (χ3v) is 3.83. The Morgan fingerprint density at radius 3 is 2.75 bits per heavy atom. The first-order valence-electron chi connectivity index (χ1n) is 6.69. The minimum Gasteiger partial charge on any atom is -0.378 e. The largest absolute Gasteiger partial charge is 0.378 e. The molecule has 0 aliphatic carbocycles. The Balaban J connectivity index is 2.23. The second kappa shape index (κ2) is 6.58. The van der Waals surface area contributed by atoms with Crippen molar-refractivity contribution in [2.75, 3.05) is 5.32 Å². The predicted octanol–water partition coefficient (Wildman–Crippen LogP) is 5.06. The van der Waals surface area contributed by atoms with Crippen LogP contribution in [0.3, 0.4) is 0 Å². The summed E-state index contributed by atoms with van der Waals surface area (Å²) in [4.78, 5) is 0. The number of nitriles is 1. The van der Waals surface area contributed by atoms with Gasteiger partial charge in [0.05, 0.1) is 11.6 Å². The number of benzene rings is 2. The van der Waals surface area contributed by atoms with E-state index in [1.54, 1.807) is 0 Å². The Kier molecular flexibility index (Phi) is 4.81. The van der Waals surface area contributed by atoms with Crippen LogP contribution in [-0.4, -0.2) is 0 Å². The summed E-state index contributed by atoms with van der Waals surface area (Å²) >= 11 is 3.50. The molecule has 1 N–H and O–H groups in total. The minimum absolute atomic E-state index is 0.162. The van der Waals surface area contributed by atoms with Crippen molar-refractivity contribution in [1.29, 1.82) is 5.26 Å². The first kappa shape index (κ1) is 14.6. The molecule has 3 heteroatoms. The predicted molar refractivity (Wildman–Crippen MR) is 86.7 cm³/mol. The van der Waals surface area contributed by atoms with Crippen molar-refractivity contribution < 1.29 is 0 Å². The quantitative estimate of drug-likeness (QED) is 0.851. The second-order valence-electron chi connectivity index (χ2n) is 4.76. The molecule has 2 aromatic carbocycles. The minimum atomic E-state index is 0.162. The van der Waals surface area contributed by atoms with Crippen LogP contribution in [-0.2, 0) is 6.42 Å². The lowest BCUT2D eigenvalue weighted by molar-refractivity contribution is 0.878. The van der Waals surface area contributed by atoms with Crippen LogP contribution in [0.1, 0.15) is 36.6 Å². The van der Waals surface area contributed by atoms with Gasteiger partial charge in [-0.3, -0.25) is 0 Å². The molecule has 1 atom stereocenters. The SMILES string of the molecule is CCc1cc(Br)ccc1NC(C)c1cccc(C#N)c1. The van der Waals surface area contributed by atoms with E-state index >= 15 is 0 Å². The van der Waals surface area contributed by atoms with Crippen LogP contribution in [0.4, 0.5) is 5.69 Å².